The molecule has 2 heterocycles. The van der Waals surface area contributed by atoms with Gasteiger partial charge in [-0.1, -0.05) is 12.1 Å². The van der Waals surface area contributed by atoms with Crippen molar-refractivity contribution in [2.75, 3.05) is 26.2 Å². The standard InChI is InChI=1S/C17H21FN2O3/c1-17(7-2-10-23-17)16(22)20-9-8-19(15(21)12-20)11-13-3-5-14(18)6-4-13/h3-6H,2,7-12H2,1H3. The number of ether oxygens (including phenoxy) is 1. The Kier molecular flexibility index (Phi) is 4.35. The minimum Gasteiger partial charge on any atom is -0.365 e. The molecule has 124 valence electrons. The average molecular weight is 320 g/mol. The van der Waals surface area contributed by atoms with Gasteiger partial charge in [-0.05, 0) is 37.5 Å². The van der Waals surface area contributed by atoms with E-state index in [1.54, 1.807) is 28.9 Å². The first-order chi connectivity index (χ1) is 11.0. The first-order valence-electron chi connectivity index (χ1n) is 7.93. The molecule has 5 nitrogen and oxygen atoms in total. The van der Waals surface area contributed by atoms with Crippen molar-refractivity contribution < 1.29 is 18.7 Å². The van der Waals surface area contributed by atoms with Crippen LogP contribution >= 0.6 is 0 Å². The number of amides is 2. The summed E-state index contributed by atoms with van der Waals surface area (Å²) in [5, 5.41) is 0. The van der Waals surface area contributed by atoms with Gasteiger partial charge in [0.15, 0.2) is 0 Å². The zero-order chi connectivity index (χ0) is 16.4. The van der Waals surface area contributed by atoms with Gasteiger partial charge in [-0.15, -0.1) is 0 Å². The van der Waals surface area contributed by atoms with E-state index in [1.807, 2.05) is 0 Å². The lowest BCUT2D eigenvalue weighted by Gasteiger charge is -2.37. The third-order valence-electron chi connectivity index (χ3n) is 4.56. The van der Waals surface area contributed by atoms with E-state index in [4.69, 9.17) is 4.74 Å². The van der Waals surface area contributed by atoms with Gasteiger partial charge >= 0.3 is 0 Å². The fourth-order valence-corrected chi connectivity index (χ4v) is 3.14. The van der Waals surface area contributed by atoms with E-state index in [2.05, 4.69) is 0 Å². The molecular formula is C17H21FN2O3. The van der Waals surface area contributed by atoms with E-state index < -0.39 is 5.60 Å². The van der Waals surface area contributed by atoms with Crippen LogP contribution < -0.4 is 0 Å². The molecule has 1 aromatic rings. The first kappa shape index (κ1) is 15.9. The van der Waals surface area contributed by atoms with Gasteiger partial charge in [0.2, 0.25) is 5.91 Å². The molecule has 0 bridgehead atoms. The molecule has 2 amide bonds. The summed E-state index contributed by atoms with van der Waals surface area (Å²) in [7, 11) is 0. The second kappa shape index (κ2) is 6.28. The Morgan fingerprint density at radius 3 is 2.65 bits per heavy atom. The van der Waals surface area contributed by atoms with Crippen molar-refractivity contribution >= 4 is 11.8 Å². The van der Waals surface area contributed by atoms with Crippen molar-refractivity contribution in [2.24, 2.45) is 0 Å². The summed E-state index contributed by atoms with van der Waals surface area (Å²) in [4.78, 5) is 28.2. The van der Waals surface area contributed by atoms with Gasteiger partial charge in [-0.25, -0.2) is 4.39 Å². The predicted octanol–water partition coefficient (Wildman–Crippen LogP) is 1.57. The van der Waals surface area contributed by atoms with E-state index in [9.17, 15) is 14.0 Å². The molecule has 2 saturated heterocycles. The van der Waals surface area contributed by atoms with Gasteiger partial charge < -0.3 is 14.5 Å². The van der Waals surface area contributed by atoms with Crippen LogP contribution in [0.5, 0.6) is 0 Å². The summed E-state index contributed by atoms with van der Waals surface area (Å²) in [6, 6.07) is 6.12. The summed E-state index contributed by atoms with van der Waals surface area (Å²) in [5.41, 5.74) is 0.102. The van der Waals surface area contributed by atoms with Gasteiger partial charge in [0.05, 0.1) is 6.54 Å². The molecule has 0 N–H and O–H groups in total. The Morgan fingerprint density at radius 2 is 2.04 bits per heavy atom. The average Bonchev–Trinajstić information content (AvgIpc) is 2.99. The molecule has 1 unspecified atom stereocenters. The number of hydrogen-bond acceptors (Lipinski definition) is 3. The normalized spacial score (nSPS) is 25.0. The molecular weight excluding hydrogens is 299 g/mol. The highest BCUT2D eigenvalue weighted by Crippen LogP contribution is 2.28. The maximum absolute atomic E-state index is 12.9. The number of carbonyl (C=O) groups excluding carboxylic acids is 2. The molecule has 1 aromatic carbocycles. The van der Waals surface area contributed by atoms with Crippen LogP contribution in [0.3, 0.4) is 0 Å². The van der Waals surface area contributed by atoms with Crippen LogP contribution in [0, 0.1) is 5.82 Å². The number of rotatable bonds is 3. The van der Waals surface area contributed by atoms with Crippen LogP contribution in [0.1, 0.15) is 25.3 Å². The fourth-order valence-electron chi connectivity index (χ4n) is 3.14. The Morgan fingerprint density at radius 1 is 1.30 bits per heavy atom. The topological polar surface area (TPSA) is 49.9 Å². The summed E-state index contributed by atoms with van der Waals surface area (Å²) < 4.78 is 18.5. The molecule has 0 aliphatic carbocycles. The summed E-state index contributed by atoms with van der Waals surface area (Å²) in [6.07, 6.45) is 1.58. The first-order valence-corrected chi connectivity index (χ1v) is 7.93. The maximum Gasteiger partial charge on any atom is 0.255 e. The summed E-state index contributed by atoms with van der Waals surface area (Å²) in [6.45, 7) is 3.91. The van der Waals surface area contributed by atoms with Crippen LogP contribution in [0.25, 0.3) is 0 Å². The van der Waals surface area contributed by atoms with Crippen LogP contribution in [-0.4, -0.2) is 53.5 Å². The lowest BCUT2D eigenvalue weighted by atomic mass is 10.0. The van der Waals surface area contributed by atoms with Crippen LogP contribution in [0.15, 0.2) is 24.3 Å². The molecule has 2 aliphatic heterocycles. The highest BCUT2D eigenvalue weighted by Gasteiger charge is 2.42. The minimum absolute atomic E-state index is 0.0823. The van der Waals surface area contributed by atoms with Crippen molar-refractivity contribution in [1.29, 1.82) is 0 Å². The highest BCUT2D eigenvalue weighted by atomic mass is 19.1. The van der Waals surface area contributed by atoms with E-state index in [-0.39, 0.29) is 24.2 Å². The maximum atomic E-state index is 12.9. The van der Waals surface area contributed by atoms with Gasteiger partial charge in [0.1, 0.15) is 11.4 Å². The third kappa shape index (κ3) is 3.37. The monoisotopic (exact) mass is 320 g/mol. The molecule has 1 atom stereocenters. The number of carbonyl (C=O) groups is 2. The zero-order valence-corrected chi connectivity index (χ0v) is 13.3. The quantitative estimate of drug-likeness (QED) is 0.849. The van der Waals surface area contributed by atoms with Crippen LogP contribution in [0.2, 0.25) is 0 Å². The lowest BCUT2D eigenvalue weighted by Crippen LogP contribution is -2.56. The van der Waals surface area contributed by atoms with Gasteiger partial charge in [0, 0.05) is 26.2 Å². The molecule has 6 heteroatoms. The van der Waals surface area contributed by atoms with E-state index >= 15 is 0 Å². The Labute approximate surface area is 135 Å². The van der Waals surface area contributed by atoms with E-state index in [0.717, 1.165) is 12.0 Å². The molecule has 0 spiro atoms. The molecule has 23 heavy (non-hydrogen) atoms. The number of hydrogen-bond donors (Lipinski definition) is 0. The fraction of sp³-hybridized carbons (Fsp3) is 0.529. The van der Waals surface area contributed by atoms with Crippen molar-refractivity contribution in [3.8, 4) is 0 Å². The van der Waals surface area contributed by atoms with Crippen molar-refractivity contribution in [3.63, 3.8) is 0 Å². The molecule has 0 aromatic heterocycles. The number of halogens is 1. The largest absolute Gasteiger partial charge is 0.365 e. The van der Waals surface area contributed by atoms with Crippen LogP contribution in [0.4, 0.5) is 4.39 Å². The predicted molar refractivity (Wildman–Crippen MR) is 82.0 cm³/mol. The zero-order valence-electron chi connectivity index (χ0n) is 13.3. The van der Waals surface area contributed by atoms with Crippen molar-refractivity contribution in [3.05, 3.63) is 35.6 Å². The number of piperazine rings is 1. The molecule has 3 rings (SSSR count). The van der Waals surface area contributed by atoms with Gasteiger partial charge in [0.25, 0.3) is 5.91 Å². The second-order valence-electron chi connectivity index (χ2n) is 6.35. The Balaban J connectivity index is 1.60. The van der Waals surface area contributed by atoms with Gasteiger partial charge in [-0.2, -0.15) is 0 Å². The highest BCUT2D eigenvalue weighted by molar-refractivity contribution is 5.90. The van der Waals surface area contributed by atoms with E-state index in [0.29, 0.717) is 32.7 Å². The minimum atomic E-state index is -0.778. The Bertz CT molecular complexity index is 596. The number of nitrogens with zero attached hydrogens (tertiary/aromatic N) is 2. The van der Waals surface area contributed by atoms with Crippen molar-refractivity contribution in [1.82, 2.24) is 9.80 Å². The molecule has 2 fully saturated rings. The van der Waals surface area contributed by atoms with E-state index in [1.165, 1.54) is 12.1 Å². The van der Waals surface area contributed by atoms with Crippen molar-refractivity contribution in [2.45, 2.75) is 31.9 Å². The number of benzene rings is 1. The molecule has 0 radical (unpaired) electrons. The Hall–Kier alpha value is -1.95. The molecule has 0 saturated carbocycles. The molecule has 2 aliphatic rings. The lowest BCUT2D eigenvalue weighted by molar-refractivity contribution is -0.158. The third-order valence-corrected chi connectivity index (χ3v) is 4.56. The summed E-state index contributed by atoms with van der Waals surface area (Å²) in [5.74, 6) is -0.472. The SMILES string of the molecule is CC1(C(=O)N2CCN(Cc3ccc(F)cc3)C(=O)C2)CCCO1. The summed E-state index contributed by atoms with van der Waals surface area (Å²) >= 11 is 0. The van der Waals surface area contributed by atoms with Gasteiger partial charge in [-0.3, -0.25) is 9.59 Å². The second-order valence-corrected chi connectivity index (χ2v) is 6.35. The smallest absolute Gasteiger partial charge is 0.255 e. The van der Waals surface area contributed by atoms with Crippen LogP contribution in [-0.2, 0) is 20.9 Å².